The summed E-state index contributed by atoms with van der Waals surface area (Å²) in [7, 11) is 1.61. The molecule has 0 saturated heterocycles. The van der Waals surface area contributed by atoms with E-state index in [0.717, 1.165) is 58.0 Å². The highest BCUT2D eigenvalue weighted by molar-refractivity contribution is 7.22. The number of hydrogen-bond donors (Lipinski definition) is 2. The predicted octanol–water partition coefficient (Wildman–Crippen LogP) is 5.27. The minimum absolute atomic E-state index is 0.0707. The van der Waals surface area contributed by atoms with Crippen molar-refractivity contribution in [2.24, 2.45) is 0 Å². The monoisotopic (exact) mass is 448 g/mol. The van der Waals surface area contributed by atoms with E-state index in [1.54, 1.807) is 37.0 Å². The fourth-order valence-electron chi connectivity index (χ4n) is 3.91. The third-order valence-corrected chi connectivity index (χ3v) is 6.56. The van der Waals surface area contributed by atoms with E-state index in [0.29, 0.717) is 11.5 Å². The van der Waals surface area contributed by atoms with Crippen molar-refractivity contribution in [1.82, 2.24) is 15.0 Å². The minimum atomic E-state index is -0.310. The van der Waals surface area contributed by atoms with Gasteiger partial charge in [0, 0.05) is 30.1 Å². The molecular formula is C24H24N4O3S. The summed E-state index contributed by atoms with van der Waals surface area (Å²) < 4.78 is 12.4. The Balaban J connectivity index is 1.34. The Labute approximate surface area is 190 Å². The van der Waals surface area contributed by atoms with Crippen LogP contribution in [0.3, 0.4) is 0 Å². The SMILES string of the molecule is COc1cncc(-c2cc(Oc3ccc4nc(N[C@@H]5CCCC[C@H]5O)sc4c3)ccn2)c1. The second kappa shape index (κ2) is 9.10. The van der Waals surface area contributed by atoms with Crippen LogP contribution in [0.15, 0.2) is 55.0 Å². The van der Waals surface area contributed by atoms with E-state index < -0.39 is 0 Å². The van der Waals surface area contributed by atoms with Gasteiger partial charge < -0.3 is 19.9 Å². The molecule has 0 unspecified atom stereocenters. The normalized spacial score (nSPS) is 18.4. The molecule has 3 aromatic heterocycles. The van der Waals surface area contributed by atoms with Crippen molar-refractivity contribution < 1.29 is 14.6 Å². The third kappa shape index (κ3) is 4.51. The number of anilines is 1. The van der Waals surface area contributed by atoms with Gasteiger partial charge in [-0.25, -0.2) is 4.98 Å². The molecule has 2 atom stereocenters. The van der Waals surface area contributed by atoms with Crippen LogP contribution in [0.1, 0.15) is 25.7 Å². The van der Waals surface area contributed by atoms with Gasteiger partial charge in [0.1, 0.15) is 17.2 Å². The number of hydrogen-bond acceptors (Lipinski definition) is 8. The second-order valence-electron chi connectivity index (χ2n) is 7.84. The molecule has 32 heavy (non-hydrogen) atoms. The zero-order valence-electron chi connectivity index (χ0n) is 17.7. The Hall–Kier alpha value is -3.23. The molecule has 164 valence electrons. The van der Waals surface area contributed by atoms with Crippen molar-refractivity contribution in [1.29, 1.82) is 0 Å². The molecule has 3 heterocycles. The zero-order valence-corrected chi connectivity index (χ0v) is 18.5. The number of nitrogens with one attached hydrogen (secondary N) is 1. The molecule has 0 amide bonds. The first-order valence-electron chi connectivity index (χ1n) is 10.7. The fourth-order valence-corrected chi connectivity index (χ4v) is 4.86. The van der Waals surface area contributed by atoms with Crippen LogP contribution in [0.4, 0.5) is 5.13 Å². The first kappa shape index (κ1) is 20.7. The Kier molecular flexibility index (Phi) is 5.87. The molecule has 0 radical (unpaired) electrons. The molecule has 4 aromatic rings. The second-order valence-corrected chi connectivity index (χ2v) is 8.87. The molecule has 1 aliphatic carbocycles. The number of aliphatic hydroxyl groups excluding tert-OH is 1. The average molecular weight is 449 g/mol. The molecule has 7 nitrogen and oxygen atoms in total. The van der Waals surface area contributed by atoms with E-state index in [4.69, 9.17) is 9.47 Å². The highest BCUT2D eigenvalue weighted by Crippen LogP contribution is 2.33. The summed E-state index contributed by atoms with van der Waals surface area (Å²) in [5.41, 5.74) is 2.52. The van der Waals surface area contributed by atoms with Crippen molar-refractivity contribution in [3.63, 3.8) is 0 Å². The van der Waals surface area contributed by atoms with E-state index >= 15 is 0 Å². The molecule has 1 saturated carbocycles. The molecule has 8 heteroatoms. The van der Waals surface area contributed by atoms with Crippen LogP contribution in [0.25, 0.3) is 21.5 Å². The molecule has 0 spiro atoms. The lowest BCUT2D eigenvalue weighted by molar-refractivity contribution is 0.116. The Morgan fingerprint density at radius 2 is 1.91 bits per heavy atom. The third-order valence-electron chi connectivity index (χ3n) is 5.61. The number of pyridine rings is 2. The van der Waals surface area contributed by atoms with E-state index in [9.17, 15) is 5.11 Å². The summed E-state index contributed by atoms with van der Waals surface area (Å²) in [5.74, 6) is 2.09. The smallest absolute Gasteiger partial charge is 0.184 e. The van der Waals surface area contributed by atoms with Gasteiger partial charge in [-0.2, -0.15) is 0 Å². The van der Waals surface area contributed by atoms with Gasteiger partial charge in [-0.15, -0.1) is 0 Å². The molecule has 5 rings (SSSR count). The van der Waals surface area contributed by atoms with Crippen LogP contribution in [-0.4, -0.2) is 39.3 Å². The first-order chi connectivity index (χ1) is 15.7. The van der Waals surface area contributed by atoms with Gasteiger partial charge >= 0.3 is 0 Å². The number of aromatic nitrogens is 3. The van der Waals surface area contributed by atoms with Crippen molar-refractivity contribution in [2.75, 3.05) is 12.4 Å². The highest BCUT2D eigenvalue weighted by atomic mass is 32.1. The molecular weight excluding hydrogens is 424 g/mol. The first-order valence-corrected chi connectivity index (χ1v) is 11.5. The zero-order chi connectivity index (χ0) is 21.9. The van der Waals surface area contributed by atoms with Gasteiger partial charge in [0.15, 0.2) is 5.13 Å². The number of methoxy groups -OCH3 is 1. The number of fused-ring (bicyclic) bond motifs is 1. The summed E-state index contributed by atoms with van der Waals surface area (Å²) in [5, 5.41) is 14.5. The molecule has 0 aliphatic heterocycles. The fraction of sp³-hybridized carbons (Fsp3) is 0.292. The number of nitrogens with zero attached hydrogens (tertiary/aromatic N) is 3. The van der Waals surface area contributed by atoms with Crippen molar-refractivity contribution >= 4 is 26.7 Å². The summed E-state index contributed by atoms with van der Waals surface area (Å²) in [6.45, 7) is 0. The molecule has 1 aliphatic rings. The number of benzene rings is 1. The molecule has 1 aromatic carbocycles. The lowest BCUT2D eigenvalue weighted by Crippen LogP contribution is -2.36. The van der Waals surface area contributed by atoms with Gasteiger partial charge in [0.05, 0.1) is 41.4 Å². The van der Waals surface area contributed by atoms with Crippen molar-refractivity contribution in [3.05, 3.63) is 55.0 Å². The molecule has 0 bridgehead atoms. The van der Waals surface area contributed by atoms with Crippen molar-refractivity contribution in [2.45, 2.75) is 37.8 Å². The largest absolute Gasteiger partial charge is 0.495 e. The average Bonchev–Trinajstić information content (AvgIpc) is 3.22. The summed E-state index contributed by atoms with van der Waals surface area (Å²) in [4.78, 5) is 13.3. The van der Waals surface area contributed by atoms with Crippen molar-refractivity contribution in [3.8, 4) is 28.5 Å². The van der Waals surface area contributed by atoms with Crippen LogP contribution >= 0.6 is 11.3 Å². The summed E-state index contributed by atoms with van der Waals surface area (Å²) >= 11 is 1.57. The highest BCUT2D eigenvalue weighted by Gasteiger charge is 2.23. The van der Waals surface area contributed by atoms with Gasteiger partial charge in [0.2, 0.25) is 0 Å². The maximum absolute atomic E-state index is 10.2. The number of ether oxygens (including phenoxy) is 2. The quantitative estimate of drug-likeness (QED) is 0.415. The van der Waals surface area contributed by atoms with E-state index in [1.807, 2.05) is 36.4 Å². The van der Waals surface area contributed by atoms with Gasteiger partial charge in [-0.1, -0.05) is 24.2 Å². The van der Waals surface area contributed by atoms with Gasteiger partial charge in [-0.3, -0.25) is 9.97 Å². The van der Waals surface area contributed by atoms with Crippen LogP contribution in [0.5, 0.6) is 17.2 Å². The standard InChI is InChI=1S/C24H24N4O3S/c1-30-18-10-15(13-25-14-18)21-11-17(8-9-26-21)31-16-6-7-20-23(12-16)32-24(28-20)27-19-4-2-3-5-22(19)29/h6-14,19,22,29H,2-5H2,1H3,(H,27,28)/t19-,22-/m1/s1. The molecule has 2 N–H and O–H groups in total. The molecule has 1 fully saturated rings. The topological polar surface area (TPSA) is 89.4 Å². The minimum Gasteiger partial charge on any atom is -0.495 e. The number of rotatable bonds is 6. The maximum Gasteiger partial charge on any atom is 0.184 e. The number of thiazole rings is 1. The van der Waals surface area contributed by atoms with Gasteiger partial charge in [-0.05, 0) is 37.1 Å². The van der Waals surface area contributed by atoms with Crippen LogP contribution in [-0.2, 0) is 0 Å². The van der Waals surface area contributed by atoms with Crippen LogP contribution < -0.4 is 14.8 Å². The van der Waals surface area contributed by atoms with E-state index in [1.165, 1.54) is 0 Å². The summed E-state index contributed by atoms with van der Waals surface area (Å²) in [6, 6.07) is 11.5. The summed E-state index contributed by atoms with van der Waals surface area (Å²) in [6.07, 6.45) is 8.85. The van der Waals surface area contributed by atoms with E-state index in [2.05, 4.69) is 20.3 Å². The maximum atomic E-state index is 10.2. The van der Waals surface area contributed by atoms with E-state index in [-0.39, 0.29) is 12.1 Å². The Morgan fingerprint density at radius 1 is 1.03 bits per heavy atom. The lowest BCUT2D eigenvalue weighted by Gasteiger charge is -2.27. The number of aliphatic hydroxyl groups is 1. The van der Waals surface area contributed by atoms with Gasteiger partial charge in [0.25, 0.3) is 0 Å². The lowest BCUT2D eigenvalue weighted by atomic mass is 9.93. The van der Waals surface area contributed by atoms with Crippen LogP contribution in [0.2, 0.25) is 0 Å². The van der Waals surface area contributed by atoms with Crippen LogP contribution in [0, 0.1) is 0 Å². The Bertz CT molecular complexity index is 1230. The predicted molar refractivity (Wildman–Crippen MR) is 126 cm³/mol. The Morgan fingerprint density at radius 3 is 2.78 bits per heavy atom.